The van der Waals surface area contributed by atoms with Gasteiger partial charge in [0, 0.05) is 18.0 Å². The van der Waals surface area contributed by atoms with Gasteiger partial charge >= 0.3 is 0 Å². The van der Waals surface area contributed by atoms with Crippen LogP contribution in [0.5, 0.6) is 0 Å². The second-order valence-corrected chi connectivity index (χ2v) is 3.01. The van der Waals surface area contributed by atoms with Crippen LogP contribution in [0.4, 0.5) is 5.88 Å². The average Bonchev–Trinajstić information content (AvgIpc) is 2.55. The van der Waals surface area contributed by atoms with Crippen molar-refractivity contribution in [2.45, 2.75) is 13.3 Å². The van der Waals surface area contributed by atoms with Crippen molar-refractivity contribution in [3.63, 3.8) is 0 Å². The third-order valence-corrected chi connectivity index (χ3v) is 2.28. The third kappa shape index (κ3) is 1.18. The summed E-state index contributed by atoms with van der Waals surface area (Å²) in [7, 11) is 1.89. The summed E-state index contributed by atoms with van der Waals surface area (Å²) in [6.45, 7) is 2.14. The fourth-order valence-corrected chi connectivity index (χ4v) is 1.65. The van der Waals surface area contributed by atoms with Gasteiger partial charge in [-0.3, -0.25) is 0 Å². The van der Waals surface area contributed by atoms with Gasteiger partial charge in [0.25, 0.3) is 0 Å². The molecule has 0 fully saturated rings. The molecule has 13 heavy (non-hydrogen) atoms. The summed E-state index contributed by atoms with van der Waals surface area (Å²) < 4.78 is 5.63. The number of hydrogen-bond donors (Lipinski definition) is 1. The second kappa shape index (κ2) is 3.13. The largest absolute Gasteiger partial charge is 0.440 e. The average molecular weight is 175 g/mol. The molecule has 0 amide bonds. The van der Waals surface area contributed by atoms with Gasteiger partial charge in [-0.15, -0.1) is 0 Å². The summed E-state index contributed by atoms with van der Waals surface area (Å²) in [5, 5.41) is 4.29. The van der Waals surface area contributed by atoms with Crippen molar-refractivity contribution in [3.05, 3.63) is 29.8 Å². The van der Waals surface area contributed by atoms with E-state index < -0.39 is 0 Å². The Morgan fingerprint density at radius 2 is 2.08 bits per heavy atom. The maximum atomic E-state index is 5.63. The molecule has 1 aromatic carbocycles. The predicted octanol–water partition coefficient (Wildman–Crippen LogP) is 3.04. The molecule has 0 aliphatic rings. The number of benzene rings is 1. The molecule has 0 aliphatic carbocycles. The Kier molecular flexibility index (Phi) is 1.97. The molecule has 2 heteroatoms. The first kappa shape index (κ1) is 8.17. The monoisotopic (exact) mass is 175 g/mol. The molecule has 0 bridgehead atoms. The van der Waals surface area contributed by atoms with E-state index in [-0.39, 0.29) is 0 Å². The minimum atomic E-state index is 0.892. The molecular weight excluding hydrogens is 162 g/mol. The Hall–Kier alpha value is -1.44. The Balaban J connectivity index is 2.73. The molecule has 0 unspecified atom stereocenters. The van der Waals surface area contributed by atoms with Gasteiger partial charge in [-0.05, 0) is 12.5 Å². The number of aryl methyl sites for hydroxylation is 1. The third-order valence-electron chi connectivity index (χ3n) is 2.28. The fraction of sp³-hybridized carbons (Fsp3) is 0.273. The van der Waals surface area contributed by atoms with E-state index in [0.29, 0.717) is 0 Å². The molecule has 1 heterocycles. The van der Waals surface area contributed by atoms with Gasteiger partial charge in [0.05, 0.1) is 0 Å². The minimum absolute atomic E-state index is 0.892. The highest BCUT2D eigenvalue weighted by atomic mass is 16.3. The van der Waals surface area contributed by atoms with Crippen LogP contribution in [0, 0.1) is 0 Å². The Labute approximate surface area is 77.6 Å². The van der Waals surface area contributed by atoms with Crippen LogP contribution in [0.3, 0.4) is 0 Å². The van der Waals surface area contributed by atoms with Crippen LogP contribution in [0.2, 0.25) is 0 Å². The molecule has 0 saturated carbocycles. The first-order chi connectivity index (χ1) is 6.36. The maximum absolute atomic E-state index is 5.63. The molecule has 0 atom stereocenters. The van der Waals surface area contributed by atoms with Gasteiger partial charge in [0.2, 0.25) is 0 Å². The quantitative estimate of drug-likeness (QED) is 0.758. The number of fused-ring (bicyclic) bond motifs is 1. The molecule has 0 aliphatic heterocycles. The minimum Gasteiger partial charge on any atom is -0.440 e. The van der Waals surface area contributed by atoms with Gasteiger partial charge in [-0.2, -0.15) is 0 Å². The summed E-state index contributed by atoms with van der Waals surface area (Å²) in [5.41, 5.74) is 2.22. The lowest BCUT2D eigenvalue weighted by Gasteiger charge is -1.96. The number of rotatable bonds is 2. The van der Waals surface area contributed by atoms with Gasteiger partial charge in [0.15, 0.2) is 5.88 Å². The smallest absolute Gasteiger partial charge is 0.197 e. The van der Waals surface area contributed by atoms with Gasteiger partial charge in [-0.25, -0.2) is 0 Å². The molecule has 0 radical (unpaired) electrons. The van der Waals surface area contributed by atoms with Crippen molar-refractivity contribution in [2.75, 3.05) is 12.4 Å². The summed E-state index contributed by atoms with van der Waals surface area (Å²) in [6, 6.07) is 8.12. The van der Waals surface area contributed by atoms with E-state index in [2.05, 4.69) is 18.3 Å². The van der Waals surface area contributed by atoms with Gasteiger partial charge in [0.1, 0.15) is 5.58 Å². The zero-order chi connectivity index (χ0) is 9.26. The molecule has 1 aromatic heterocycles. The van der Waals surface area contributed by atoms with Crippen LogP contribution in [-0.4, -0.2) is 7.05 Å². The zero-order valence-electron chi connectivity index (χ0n) is 7.92. The van der Waals surface area contributed by atoms with Gasteiger partial charge in [-0.1, -0.05) is 25.1 Å². The van der Waals surface area contributed by atoms with E-state index in [4.69, 9.17) is 4.42 Å². The van der Waals surface area contributed by atoms with E-state index in [1.807, 2.05) is 25.2 Å². The van der Waals surface area contributed by atoms with Crippen molar-refractivity contribution >= 4 is 16.9 Å². The van der Waals surface area contributed by atoms with Gasteiger partial charge < -0.3 is 9.73 Å². The second-order valence-electron chi connectivity index (χ2n) is 3.01. The SMILES string of the molecule is CCc1c(NC)oc2ccccc12. The Morgan fingerprint density at radius 3 is 2.77 bits per heavy atom. The molecule has 2 rings (SSSR count). The van der Waals surface area contributed by atoms with Crippen LogP contribution >= 0.6 is 0 Å². The van der Waals surface area contributed by atoms with E-state index in [9.17, 15) is 0 Å². The number of furan rings is 1. The Bertz CT molecular complexity index is 417. The van der Waals surface area contributed by atoms with Crippen LogP contribution in [0.15, 0.2) is 28.7 Å². The lowest BCUT2D eigenvalue weighted by atomic mass is 10.1. The van der Waals surface area contributed by atoms with Crippen LogP contribution in [0.25, 0.3) is 11.0 Å². The lowest BCUT2D eigenvalue weighted by Crippen LogP contribution is -1.89. The zero-order valence-corrected chi connectivity index (χ0v) is 7.92. The lowest BCUT2D eigenvalue weighted by molar-refractivity contribution is 0.628. The number of para-hydroxylation sites is 1. The molecule has 2 aromatic rings. The van der Waals surface area contributed by atoms with Crippen molar-refractivity contribution < 1.29 is 4.42 Å². The predicted molar refractivity (Wildman–Crippen MR) is 55.1 cm³/mol. The van der Waals surface area contributed by atoms with E-state index in [1.54, 1.807) is 0 Å². The van der Waals surface area contributed by atoms with Crippen molar-refractivity contribution in [3.8, 4) is 0 Å². The molecular formula is C11H13NO. The highest BCUT2D eigenvalue weighted by Gasteiger charge is 2.09. The summed E-state index contributed by atoms with van der Waals surface area (Å²) in [6.07, 6.45) is 0.993. The maximum Gasteiger partial charge on any atom is 0.197 e. The van der Waals surface area contributed by atoms with E-state index in [1.165, 1.54) is 10.9 Å². The summed E-state index contributed by atoms with van der Waals surface area (Å²) in [5.74, 6) is 0.892. The highest BCUT2D eigenvalue weighted by molar-refractivity contribution is 5.85. The molecule has 1 N–H and O–H groups in total. The summed E-state index contributed by atoms with van der Waals surface area (Å²) in [4.78, 5) is 0. The molecule has 2 nitrogen and oxygen atoms in total. The Morgan fingerprint density at radius 1 is 1.31 bits per heavy atom. The molecule has 0 spiro atoms. The first-order valence-corrected chi connectivity index (χ1v) is 4.55. The molecule has 0 saturated heterocycles. The number of anilines is 1. The van der Waals surface area contributed by atoms with Crippen LogP contribution in [-0.2, 0) is 6.42 Å². The molecule has 68 valence electrons. The number of hydrogen-bond acceptors (Lipinski definition) is 2. The van der Waals surface area contributed by atoms with Crippen LogP contribution in [0.1, 0.15) is 12.5 Å². The highest BCUT2D eigenvalue weighted by Crippen LogP contribution is 2.29. The van der Waals surface area contributed by atoms with Crippen molar-refractivity contribution in [1.82, 2.24) is 0 Å². The van der Waals surface area contributed by atoms with Crippen molar-refractivity contribution in [2.24, 2.45) is 0 Å². The van der Waals surface area contributed by atoms with Crippen LogP contribution < -0.4 is 5.32 Å². The topological polar surface area (TPSA) is 25.2 Å². The number of nitrogens with one attached hydrogen (secondary N) is 1. The summed E-state index contributed by atoms with van der Waals surface area (Å²) >= 11 is 0. The van der Waals surface area contributed by atoms with E-state index >= 15 is 0 Å². The standard InChI is InChI=1S/C11H13NO/c1-3-8-9-6-4-5-7-10(9)13-11(8)12-2/h4-7,12H,3H2,1-2H3. The fourth-order valence-electron chi connectivity index (χ4n) is 1.65. The normalized spacial score (nSPS) is 10.6. The van der Waals surface area contributed by atoms with Crippen molar-refractivity contribution in [1.29, 1.82) is 0 Å². The first-order valence-electron chi connectivity index (χ1n) is 4.55. The van der Waals surface area contributed by atoms with E-state index in [0.717, 1.165) is 17.9 Å².